The van der Waals surface area contributed by atoms with Crippen LogP contribution < -0.4 is 14.7 Å². The van der Waals surface area contributed by atoms with Crippen LogP contribution in [0, 0.1) is 0 Å². The maximum absolute atomic E-state index is 11.3. The number of amides is 1. The van der Waals surface area contributed by atoms with Crippen molar-refractivity contribution in [1.82, 2.24) is 0 Å². The van der Waals surface area contributed by atoms with Crippen molar-refractivity contribution in [3.8, 4) is 5.75 Å². The zero-order valence-electron chi connectivity index (χ0n) is 10.2. The Bertz CT molecular complexity index is 601. The van der Waals surface area contributed by atoms with Crippen molar-refractivity contribution < 1.29 is 14.6 Å². The van der Waals surface area contributed by atoms with Crippen molar-refractivity contribution in [2.45, 2.75) is 0 Å². The second-order valence-corrected chi connectivity index (χ2v) is 4.22. The average molecular weight is 277 g/mol. The number of ether oxygens (including phenoxy) is 1. The summed E-state index contributed by atoms with van der Waals surface area (Å²) in [5.41, 5.74) is 0.849. The third-order valence-electron chi connectivity index (χ3n) is 2.56. The summed E-state index contributed by atoms with van der Waals surface area (Å²) in [6.07, 6.45) is -1.34. The van der Waals surface area contributed by atoms with Crippen molar-refractivity contribution in [3.63, 3.8) is 0 Å². The largest absolute Gasteiger partial charge is 0.529 e. The molecule has 0 aliphatic rings. The van der Waals surface area contributed by atoms with Gasteiger partial charge in [0.2, 0.25) is 0 Å². The number of hydrogen-bond acceptors (Lipinski definition) is 3. The van der Waals surface area contributed by atoms with Gasteiger partial charge in [0.15, 0.2) is 0 Å². The smallest absolute Gasteiger partial charge is 0.146 e. The first-order chi connectivity index (χ1) is 9.11. The van der Waals surface area contributed by atoms with E-state index in [-0.39, 0.29) is 0 Å². The Kier molecular flexibility index (Phi) is 3.92. The minimum atomic E-state index is -1.34. The summed E-state index contributed by atoms with van der Waals surface area (Å²) in [4.78, 5) is 12.4. The van der Waals surface area contributed by atoms with E-state index < -0.39 is 6.09 Å². The molecule has 0 bridgehead atoms. The molecule has 0 N–H and O–H groups in total. The molecule has 1 amide bonds. The maximum Gasteiger partial charge on any atom is 0.146 e. The quantitative estimate of drug-likeness (QED) is 0.866. The second-order valence-electron chi connectivity index (χ2n) is 3.78. The lowest BCUT2D eigenvalue weighted by atomic mass is 10.2. The minimum absolute atomic E-state index is 0.417. The van der Waals surface area contributed by atoms with Gasteiger partial charge in [-0.25, -0.2) is 0 Å². The van der Waals surface area contributed by atoms with Gasteiger partial charge in [0.05, 0.1) is 12.8 Å². The van der Waals surface area contributed by atoms with Gasteiger partial charge in [-0.3, -0.25) is 4.90 Å². The Morgan fingerprint density at radius 2 is 1.79 bits per heavy atom. The molecule has 2 aromatic rings. The highest BCUT2D eigenvalue weighted by Gasteiger charge is 2.11. The van der Waals surface area contributed by atoms with Crippen molar-refractivity contribution in [3.05, 3.63) is 53.6 Å². The molecule has 5 heteroatoms. The number of benzene rings is 2. The summed E-state index contributed by atoms with van der Waals surface area (Å²) in [5.74, 6) is 0.561. The molecule has 0 aliphatic heterocycles. The molecular formula is C14H11ClNO3-. The third kappa shape index (κ3) is 2.98. The highest BCUT2D eigenvalue weighted by atomic mass is 35.5. The predicted octanol–water partition coefficient (Wildman–Crippen LogP) is 2.83. The molecule has 0 radical (unpaired) electrons. The lowest BCUT2D eigenvalue weighted by Crippen LogP contribution is -2.37. The van der Waals surface area contributed by atoms with E-state index in [0.29, 0.717) is 22.1 Å². The highest BCUT2D eigenvalue weighted by Crippen LogP contribution is 2.29. The van der Waals surface area contributed by atoms with Crippen LogP contribution in [-0.4, -0.2) is 13.2 Å². The zero-order valence-corrected chi connectivity index (χ0v) is 10.9. The van der Waals surface area contributed by atoms with Gasteiger partial charge in [-0.2, -0.15) is 0 Å². The fourth-order valence-corrected chi connectivity index (χ4v) is 1.91. The van der Waals surface area contributed by atoms with E-state index >= 15 is 0 Å². The number of nitrogens with zero attached hydrogens (tertiary/aromatic N) is 1. The topological polar surface area (TPSA) is 52.6 Å². The lowest BCUT2D eigenvalue weighted by molar-refractivity contribution is -0.245. The Hall–Kier alpha value is -2.20. The van der Waals surface area contributed by atoms with Gasteiger partial charge in [-0.15, -0.1) is 0 Å². The number of carboxylic acid groups (broad SMARTS) is 1. The van der Waals surface area contributed by atoms with Gasteiger partial charge in [-0.1, -0.05) is 23.7 Å². The number of anilines is 2. The standard InChI is InChI=1S/C14H12ClNO3/c1-19-13-7-3-6-12(9-13)16(14(17)18)11-5-2-4-10(15)8-11/h2-9H,1H3,(H,17,18)/p-1. The van der Waals surface area contributed by atoms with Gasteiger partial charge in [-0.05, 0) is 30.3 Å². The molecule has 2 aromatic carbocycles. The molecule has 0 heterocycles. The van der Waals surface area contributed by atoms with Gasteiger partial charge in [0, 0.05) is 16.8 Å². The predicted molar refractivity (Wildman–Crippen MR) is 72.0 cm³/mol. The summed E-state index contributed by atoms with van der Waals surface area (Å²) >= 11 is 5.87. The maximum atomic E-state index is 11.3. The fraction of sp³-hybridized carbons (Fsp3) is 0.0714. The fourth-order valence-electron chi connectivity index (χ4n) is 1.72. The van der Waals surface area contributed by atoms with E-state index in [1.807, 2.05) is 0 Å². The summed E-state index contributed by atoms with van der Waals surface area (Å²) in [6.45, 7) is 0. The highest BCUT2D eigenvalue weighted by molar-refractivity contribution is 6.31. The monoisotopic (exact) mass is 276 g/mol. The molecule has 0 fully saturated rings. The number of carbonyl (C=O) groups excluding carboxylic acids is 1. The molecule has 0 aliphatic carbocycles. The first-order valence-electron chi connectivity index (χ1n) is 5.52. The number of carbonyl (C=O) groups is 1. The summed E-state index contributed by atoms with van der Waals surface area (Å²) in [5, 5.41) is 11.8. The van der Waals surface area contributed by atoms with Crippen LogP contribution in [-0.2, 0) is 0 Å². The molecule has 4 nitrogen and oxygen atoms in total. The third-order valence-corrected chi connectivity index (χ3v) is 2.80. The number of halogens is 1. The van der Waals surface area contributed by atoms with Crippen molar-refractivity contribution >= 4 is 29.1 Å². The normalized spacial score (nSPS) is 10.0. The van der Waals surface area contributed by atoms with Gasteiger partial charge in [0.1, 0.15) is 11.8 Å². The Balaban J connectivity index is 2.48. The number of hydrogen-bond donors (Lipinski definition) is 0. The van der Waals surface area contributed by atoms with E-state index in [9.17, 15) is 9.90 Å². The van der Waals surface area contributed by atoms with E-state index in [2.05, 4.69) is 0 Å². The van der Waals surface area contributed by atoms with E-state index in [1.165, 1.54) is 7.11 Å². The van der Waals surface area contributed by atoms with E-state index in [0.717, 1.165) is 4.90 Å². The molecule has 0 spiro atoms. The number of methoxy groups -OCH3 is 1. The van der Waals surface area contributed by atoms with Crippen molar-refractivity contribution in [2.24, 2.45) is 0 Å². The zero-order chi connectivity index (χ0) is 13.8. The molecular weight excluding hydrogens is 266 g/mol. The second kappa shape index (κ2) is 5.63. The van der Waals surface area contributed by atoms with Crippen molar-refractivity contribution in [1.29, 1.82) is 0 Å². The van der Waals surface area contributed by atoms with Crippen LogP contribution in [0.3, 0.4) is 0 Å². The molecule has 0 atom stereocenters. The molecule has 0 aromatic heterocycles. The van der Waals surface area contributed by atoms with Gasteiger partial charge >= 0.3 is 0 Å². The first kappa shape index (κ1) is 13.2. The molecule has 0 unspecified atom stereocenters. The van der Waals surface area contributed by atoms with Crippen molar-refractivity contribution in [2.75, 3.05) is 12.0 Å². The summed E-state index contributed by atoms with van der Waals surface area (Å²) in [7, 11) is 1.52. The Morgan fingerprint density at radius 3 is 2.37 bits per heavy atom. The first-order valence-corrected chi connectivity index (χ1v) is 5.90. The van der Waals surface area contributed by atoms with Crippen LogP contribution in [0.2, 0.25) is 5.02 Å². The van der Waals surface area contributed by atoms with Crippen LogP contribution in [0.15, 0.2) is 48.5 Å². The SMILES string of the molecule is COc1cccc(N(C(=O)[O-])c2cccc(Cl)c2)c1. The Labute approximate surface area is 115 Å². The van der Waals surface area contributed by atoms with Crippen LogP contribution in [0.4, 0.5) is 16.2 Å². The van der Waals surface area contributed by atoms with Gasteiger partial charge < -0.3 is 14.6 Å². The van der Waals surface area contributed by atoms with Gasteiger partial charge in [0.25, 0.3) is 0 Å². The van der Waals surface area contributed by atoms with Crippen LogP contribution in [0.1, 0.15) is 0 Å². The van der Waals surface area contributed by atoms with E-state index in [4.69, 9.17) is 16.3 Å². The van der Waals surface area contributed by atoms with Crippen LogP contribution in [0.5, 0.6) is 5.75 Å². The molecule has 2 rings (SSSR count). The summed E-state index contributed by atoms with van der Waals surface area (Å²) in [6, 6.07) is 13.2. The van der Waals surface area contributed by atoms with Crippen LogP contribution >= 0.6 is 11.6 Å². The summed E-state index contributed by atoms with van der Waals surface area (Å²) < 4.78 is 5.08. The Morgan fingerprint density at radius 1 is 1.16 bits per heavy atom. The molecule has 0 saturated heterocycles. The molecule has 19 heavy (non-hydrogen) atoms. The number of rotatable bonds is 3. The average Bonchev–Trinajstić information content (AvgIpc) is 2.39. The molecule has 0 saturated carbocycles. The lowest BCUT2D eigenvalue weighted by Gasteiger charge is -2.25. The van der Waals surface area contributed by atoms with E-state index in [1.54, 1.807) is 48.5 Å². The molecule has 98 valence electrons. The van der Waals surface area contributed by atoms with Crippen LogP contribution in [0.25, 0.3) is 0 Å². The minimum Gasteiger partial charge on any atom is -0.529 e.